The van der Waals surface area contributed by atoms with Gasteiger partial charge in [-0.3, -0.25) is 4.90 Å². The predicted octanol–water partition coefficient (Wildman–Crippen LogP) is 13.1. The van der Waals surface area contributed by atoms with Gasteiger partial charge in [0.2, 0.25) is 0 Å². The highest BCUT2D eigenvalue weighted by atomic mass is 16.3. The molecule has 45 heavy (non-hydrogen) atoms. The Morgan fingerprint density at radius 3 is 0.667 bits per heavy atom. The van der Waals surface area contributed by atoms with E-state index in [1.54, 1.807) is 0 Å². The molecule has 0 aromatic rings. The van der Waals surface area contributed by atoms with Crippen LogP contribution in [0.1, 0.15) is 226 Å². The van der Waals surface area contributed by atoms with Crippen molar-refractivity contribution in [2.75, 3.05) is 45.9 Å². The quantitative estimate of drug-likeness (QED) is 0.0678. The van der Waals surface area contributed by atoms with E-state index >= 15 is 0 Å². The van der Waals surface area contributed by atoms with E-state index < -0.39 is 0 Å². The van der Waals surface area contributed by atoms with Crippen molar-refractivity contribution in [2.24, 2.45) is 0 Å². The Labute approximate surface area is 286 Å². The molecule has 0 unspecified atom stereocenters. The van der Waals surface area contributed by atoms with Crippen LogP contribution >= 0.6 is 0 Å². The zero-order valence-corrected chi connectivity index (χ0v) is 31.9. The molecule has 0 aliphatic heterocycles. The molecule has 0 heterocycles. The van der Waals surface area contributed by atoms with Gasteiger partial charge in [0.15, 0.2) is 0 Å². The van der Waals surface area contributed by atoms with Crippen LogP contribution in [0.25, 0.3) is 0 Å². The highest BCUT2D eigenvalue weighted by Gasteiger charge is 2.10. The molecule has 0 rings (SSSR count). The van der Waals surface area contributed by atoms with Crippen molar-refractivity contribution >= 4 is 0 Å². The second kappa shape index (κ2) is 40.1. The molecule has 0 saturated carbocycles. The van der Waals surface area contributed by atoms with E-state index in [-0.39, 0.29) is 0 Å². The Morgan fingerprint density at radius 1 is 0.244 bits per heavy atom. The molecule has 0 bridgehead atoms. The summed E-state index contributed by atoms with van der Waals surface area (Å²) in [6.07, 6.45) is 45.3. The summed E-state index contributed by atoms with van der Waals surface area (Å²) in [7, 11) is 0. The van der Waals surface area contributed by atoms with E-state index in [0.29, 0.717) is 6.61 Å². The van der Waals surface area contributed by atoms with Crippen LogP contribution in [0.2, 0.25) is 0 Å². The third-order valence-corrected chi connectivity index (χ3v) is 10.1. The van der Waals surface area contributed by atoms with Crippen LogP contribution in [0.5, 0.6) is 0 Å². The number of nitrogens with zero attached hydrogens (tertiary/aromatic N) is 2. The van der Waals surface area contributed by atoms with Crippen molar-refractivity contribution < 1.29 is 5.11 Å². The number of aliphatic hydroxyl groups is 1. The van der Waals surface area contributed by atoms with Gasteiger partial charge in [-0.2, -0.15) is 0 Å². The minimum Gasteiger partial charge on any atom is -0.395 e. The van der Waals surface area contributed by atoms with E-state index in [9.17, 15) is 5.11 Å². The molecule has 0 radical (unpaired) electrons. The Morgan fingerprint density at radius 2 is 0.444 bits per heavy atom. The summed E-state index contributed by atoms with van der Waals surface area (Å²) in [6, 6.07) is 0. The summed E-state index contributed by atoms with van der Waals surface area (Å²) in [6.45, 7) is 14.1. The third kappa shape index (κ3) is 36.6. The molecule has 0 fully saturated rings. The Kier molecular flexibility index (Phi) is 39.9. The third-order valence-electron chi connectivity index (χ3n) is 10.1. The van der Waals surface area contributed by atoms with E-state index in [1.807, 2.05) is 0 Å². The van der Waals surface area contributed by atoms with Gasteiger partial charge < -0.3 is 10.0 Å². The molecule has 0 aromatic heterocycles. The fraction of sp³-hybridized carbons (Fsp3) is 1.00. The number of rotatable bonds is 40. The van der Waals surface area contributed by atoms with Crippen LogP contribution in [-0.2, 0) is 0 Å². The van der Waals surface area contributed by atoms with Crippen molar-refractivity contribution in [3.05, 3.63) is 0 Å². The number of aliphatic hydroxyl groups excluding tert-OH is 1. The van der Waals surface area contributed by atoms with E-state index in [4.69, 9.17) is 0 Å². The van der Waals surface area contributed by atoms with Crippen molar-refractivity contribution in [1.29, 1.82) is 0 Å². The first-order valence-corrected chi connectivity index (χ1v) is 21.3. The van der Waals surface area contributed by atoms with Gasteiger partial charge in [0.1, 0.15) is 0 Å². The number of unbranched alkanes of at least 4 members (excludes halogenated alkanes) is 29. The highest BCUT2D eigenvalue weighted by molar-refractivity contribution is 4.65. The van der Waals surface area contributed by atoms with Crippen LogP contribution < -0.4 is 0 Å². The van der Waals surface area contributed by atoms with Gasteiger partial charge in [-0.05, 0) is 38.9 Å². The zero-order chi connectivity index (χ0) is 32.7. The molecule has 0 aliphatic carbocycles. The predicted molar refractivity (Wildman–Crippen MR) is 205 cm³/mol. The highest BCUT2D eigenvalue weighted by Crippen LogP contribution is 2.14. The molecule has 0 spiro atoms. The Balaban J connectivity index is 4.23. The molecule has 272 valence electrons. The normalized spacial score (nSPS) is 11.9. The van der Waals surface area contributed by atoms with Crippen LogP contribution in [-0.4, -0.2) is 60.8 Å². The molecule has 0 amide bonds. The maximum atomic E-state index is 9.75. The smallest absolute Gasteiger partial charge is 0.0558 e. The lowest BCUT2D eigenvalue weighted by Gasteiger charge is -2.27. The molecule has 1 N–H and O–H groups in total. The van der Waals surface area contributed by atoms with E-state index in [2.05, 4.69) is 30.6 Å². The topological polar surface area (TPSA) is 26.7 Å². The summed E-state index contributed by atoms with van der Waals surface area (Å²) in [4.78, 5) is 5.34. The molecule has 0 saturated heterocycles. The molecular weight excluding hydrogens is 548 g/mol. The summed E-state index contributed by atoms with van der Waals surface area (Å²) in [5.41, 5.74) is 0. The van der Waals surface area contributed by atoms with Crippen LogP contribution in [0.4, 0.5) is 0 Å². The second-order valence-corrected chi connectivity index (χ2v) is 14.7. The fourth-order valence-electron chi connectivity index (χ4n) is 6.92. The lowest BCUT2D eigenvalue weighted by molar-refractivity contribution is 0.163. The largest absolute Gasteiger partial charge is 0.395 e. The van der Waals surface area contributed by atoms with Gasteiger partial charge >= 0.3 is 0 Å². The lowest BCUT2D eigenvalue weighted by Crippen LogP contribution is -2.38. The van der Waals surface area contributed by atoms with Gasteiger partial charge in [-0.25, -0.2) is 0 Å². The standard InChI is InChI=1S/C42H88N2O/c1-4-7-10-13-16-19-22-23-26-29-32-35-38-44(41-42-45)40-39-43(36-33-30-27-24-20-17-14-11-8-5-2)37-34-31-28-25-21-18-15-12-9-6-3/h45H,4-42H2,1-3H3. The average molecular weight is 637 g/mol. The first kappa shape index (κ1) is 44.9. The maximum absolute atomic E-state index is 9.75. The van der Waals surface area contributed by atoms with Crippen LogP contribution in [0.3, 0.4) is 0 Å². The first-order valence-electron chi connectivity index (χ1n) is 21.3. The van der Waals surface area contributed by atoms with Gasteiger partial charge in [-0.1, -0.05) is 207 Å². The Hall–Kier alpha value is -0.120. The lowest BCUT2D eigenvalue weighted by atomic mass is 10.1. The van der Waals surface area contributed by atoms with Crippen molar-refractivity contribution in [2.45, 2.75) is 226 Å². The van der Waals surface area contributed by atoms with E-state index in [1.165, 1.54) is 232 Å². The monoisotopic (exact) mass is 637 g/mol. The first-order chi connectivity index (χ1) is 22.3. The number of hydrogen-bond acceptors (Lipinski definition) is 3. The summed E-state index contributed by atoms with van der Waals surface area (Å²) in [5, 5.41) is 9.75. The van der Waals surface area contributed by atoms with Crippen molar-refractivity contribution in [3.8, 4) is 0 Å². The van der Waals surface area contributed by atoms with Gasteiger partial charge in [-0.15, -0.1) is 0 Å². The minimum atomic E-state index is 0.301. The summed E-state index contributed by atoms with van der Waals surface area (Å²) >= 11 is 0. The molecule has 3 nitrogen and oxygen atoms in total. The average Bonchev–Trinajstić information content (AvgIpc) is 3.05. The molecule has 0 atom stereocenters. The summed E-state index contributed by atoms with van der Waals surface area (Å²) in [5.74, 6) is 0. The second-order valence-electron chi connectivity index (χ2n) is 14.7. The SMILES string of the molecule is CCCCCCCCCCCCCCN(CCO)CCN(CCCCCCCCCCCC)CCCCCCCCCCCC. The molecule has 0 aromatic carbocycles. The Bertz CT molecular complexity index is 489. The summed E-state index contributed by atoms with van der Waals surface area (Å²) < 4.78 is 0. The minimum absolute atomic E-state index is 0.301. The van der Waals surface area contributed by atoms with Crippen LogP contribution in [0.15, 0.2) is 0 Å². The molecular formula is C42H88N2O. The van der Waals surface area contributed by atoms with Crippen molar-refractivity contribution in [1.82, 2.24) is 9.80 Å². The molecule has 3 heteroatoms. The van der Waals surface area contributed by atoms with Gasteiger partial charge in [0, 0.05) is 19.6 Å². The zero-order valence-electron chi connectivity index (χ0n) is 31.9. The van der Waals surface area contributed by atoms with Crippen LogP contribution in [0, 0.1) is 0 Å². The van der Waals surface area contributed by atoms with Gasteiger partial charge in [0.25, 0.3) is 0 Å². The fourth-order valence-corrected chi connectivity index (χ4v) is 6.92. The van der Waals surface area contributed by atoms with Gasteiger partial charge in [0.05, 0.1) is 6.61 Å². The van der Waals surface area contributed by atoms with Crippen molar-refractivity contribution in [3.63, 3.8) is 0 Å². The molecule has 0 aliphatic rings. The maximum Gasteiger partial charge on any atom is 0.0558 e. The number of hydrogen-bond donors (Lipinski definition) is 1. The van der Waals surface area contributed by atoms with E-state index in [0.717, 1.165) is 13.1 Å².